The Morgan fingerprint density at radius 1 is 0.622 bits per heavy atom. The third kappa shape index (κ3) is 27.4. The number of carbonyl (C=O) groups excluding carboxylic acids is 2. The number of ether oxygens (including phenoxy) is 8. The van der Waals surface area contributed by atoms with Gasteiger partial charge in [0.2, 0.25) is 0 Å². The molecule has 0 unspecified atom stereocenters. The van der Waals surface area contributed by atoms with Crippen LogP contribution in [0.5, 0.6) is 0 Å². The first kappa shape index (κ1) is 35.5. The van der Waals surface area contributed by atoms with E-state index in [0.717, 1.165) is 19.3 Å². The molecule has 0 bridgehead atoms. The second kappa shape index (κ2) is 24.8. The van der Waals surface area contributed by atoms with Gasteiger partial charge in [-0.15, -0.1) is 0 Å². The van der Waals surface area contributed by atoms with Crippen LogP contribution in [0.3, 0.4) is 0 Å². The fraction of sp³-hybridized carbons (Fsp3) is 0.923. The average Bonchev–Trinajstić information content (AvgIpc) is 2.83. The monoisotopic (exact) mass is 537 g/mol. The van der Waals surface area contributed by atoms with Crippen molar-refractivity contribution in [3.05, 3.63) is 0 Å². The number of amides is 1. The lowest BCUT2D eigenvalue weighted by Gasteiger charge is -2.24. The van der Waals surface area contributed by atoms with Gasteiger partial charge in [-0.3, -0.25) is 4.79 Å². The van der Waals surface area contributed by atoms with Crippen LogP contribution in [0.1, 0.15) is 53.4 Å². The van der Waals surface area contributed by atoms with Crippen molar-refractivity contribution in [1.82, 2.24) is 4.90 Å². The van der Waals surface area contributed by atoms with Gasteiger partial charge in [0.1, 0.15) is 12.2 Å². The van der Waals surface area contributed by atoms with Crippen LogP contribution in [0.15, 0.2) is 0 Å². The van der Waals surface area contributed by atoms with Crippen LogP contribution in [0, 0.1) is 0 Å². The Kier molecular flexibility index (Phi) is 23.8. The molecular weight excluding hydrogens is 486 g/mol. The van der Waals surface area contributed by atoms with Gasteiger partial charge in [0, 0.05) is 20.0 Å². The number of esters is 1. The second-order valence-electron chi connectivity index (χ2n) is 9.25. The Morgan fingerprint density at radius 3 is 1.43 bits per heavy atom. The molecule has 0 aliphatic heterocycles. The Labute approximate surface area is 223 Å². The highest BCUT2D eigenvalue weighted by atomic mass is 16.6. The molecule has 0 aromatic rings. The van der Waals surface area contributed by atoms with Crippen molar-refractivity contribution >= 4 is 12.1 Å². The molecule has 0 saturated carbocycles. The maximum Gasteiger partial charge on any atom is 0.410 e. The van der Waals surface area contributed by atoms with Crippen LogP contribution < -0.4 is 0 Å². The fourth-order valence-electron chi connectivity index (χ4n) is 2.64. The van der Waals surface area contributed by atoms with Gasteiger partial charge in [0.05, 0.1) is 79.3 Å². The fourth-order valence-corrected chi connectivity index (χ4v) is 2.64. The molecule has 0 heterocycles. The second-order valence-corrected chi connectivity index (χ2v) is 9.25. The summed E-state index contributed by atoms with van der Waals surface area (Å²) in [7, 11) is 1.68. The number of hydrogen-bond acceptors (Lipinski definition) is 10. The first-order chi connectivity index (χ1) is 17.8. The molecule has 0 spiro atoms. The molecule has 0 saturated heterocycles. The molecule has 0 aliphatic rings. The standard InChI is InChI=1S/C26H51NO10/c1-6-7-8-9-24(28)36-23-22-35-21-20-34-19-18-33-17-16-32-15-14-31-13-12-30-11-10-27(5)25(29)37-26(2,3)4/h6-23H2,1-5H3. The summed E-state index contributed by atoms with van der Waals surface area (Å²) in [5.74, 6) is -0.162. The topological polar surface area (TPSA) is 111 Å². The molecule has 0 aliphatic carbocycles. The number of carbonyl (C=O) groups is 2. The van der Waals surface area contributed by atoms with Crippen molar-refractivity contribution in [3.63, 3.8) is 0 Å². The van der Waals surface area contributed by atoms with E-state index >= 15 is 0 Å². The zero-order valence-electron chi connectivity index (χ0n) is 23.8. The molecular formula is C26H51NO10. The van der Waals surface area contributed by atoms with Gasteiger partial charge in [-0.05, 0) is 27.2 Å². The van der Waals surface area contributed by atoms with Crippen molar-refractivity contribution in [2.45, 2.75) is 59.0 Å². The average molecular weight is 538 g/mol. The number of hydrogen-bond donors (Lipinski definition) is 0. The summed E-state index contributed by atoms with van der Waals surface area (Å²) >= 11 is 0. The van der Waals surface area contributed by atoms with Crippen LogP contribution in [0.4, 0.5) is 4.79 Å². The molecule has 0 rings (SSSR count). The zero-order valence-corrected chi connectivity index (χ0v) is 23.8. The Hall–Kier alpha value is -1.50. The maximum absolute atomic E-state index is 11.8. The molecule has 0 fully saturated rings. The summed E-state index contributed by atoms with van der Waals surface area (Å²) in [6.07, 6.45) is 3.12. The quantitative estimate of drug-likeness (QED) is 0.127. The summed E-state index contributed by atoms with van der Waals surface area (Å²) in [6, 6.07) is 0. The molecule has 0 aromatic heterocycles. The summed E-state index contributed by atoms with van der Waals surface area (Å²) in [5.41, 5.74) is -0.507. The van der Waals surface area contributed by atoms with Gasteiger partial charge in [-0.1, -0.05) is 19.8 Å². The molecule has 0 radical (unpaired) electrons. The Balaban J connectivity index is 3.23. The SMILES string of the molecule is CCCCCC(=O)OCCOCCOCCOCCOCCOCCOCCN(C)C(=O)OC(C)(C)C. The summed E-state index contributed by atoms with van der Waals surface area (Å²) < 4.78 is 42.9. The Morgan fingerprint density at radius 2 is 1.03 bits per heavy atom. The van der Waals surface area contributed by atoms with E-state index in [0.29, 0.717) is 92.2 Å². The Bertz CT molecular complexity index is 542. The largest absolute Gasteiger partial charge is 0.463 e. The van der Waals surface area contributed by atoms with Crippen molar-refractivity contribution in [1.29, 1.82) is 0 Å². The molecule has 11 heteroatoms. The lowest BCUT2D eigenvalue weighted by atomic mass is 10.2. The first-order valence-corrected chi connectivity index (χ1v) is 13.3. The highest BCUT2D eigenvalue weighted by molar-refractivity contribution is 5.69. The molecule has 11 nitrogen and oxygen atoms in total. The first-order valence-electron chi connectivity index (χ1n) is 13.3. The molecule has 1 amide bonds. The van der Waals surface area contributed by atoms with Crippen LogP contribution in [-0.2, 0) is 42.7 Å². The predicted octanol–water partition coefficient (Wildman–Crippen LogP) is 3.08. The van der Waals surface area contributed by atoms with Crippen LogP contribution in [0.2, 0.25) is 0 Å². The highest BCUT2D eigenvalue weighted by Gasteiger charge is 2.19. The molecule has 0 atom stereocenters. The number of nitrogens with zero attached hydrogens (tertiary/aromatic N) is 1. The van der Waals surface area contributed by atoms with Crippen LogP contribution >= 0.6 is 0 Å². The summed E-state index contributed by atoms with van der Waals surface area (Å²) in [6.45, 7) is 13.8. The van der Waals surface area contributed by atoms with E-state index in [4.69, 9.17) is 37.9 Å². The third-order valence-corrected chi connectivity index (χ3v) is 4.61. The van der Waals surface area contributed by atoms with Crippen molar-refractivity contribution in [3.8, 4) is 0 Å². The van der Waals surface area contributed by atoms with Gasteiger partial charge in [0.25, 0.3) is 0 Å². The summed E-state index contributed by atoms with van der Waals surface area (Å²) in [5, 5.41) is 0. The molecule has 0 aromatic carbocycles. The van der Waals surface area contributed by atoms with E-state index in [1.807, 2.05) is 20.8 Å². The number of rotatable bonds is 25. The maximum atomic E-state index is 11.8. The number of unbranched alkanes of at least 4 members (excludes halogenated alkanes) is 2. The van der Waals surface area contributed by atoms with E-state index < -0.39 is 5.60 Å². The zero-order chi connectivity index (χ0) is 27.6. The van der Waals surface area contributed by atoms with E-state index in [1.165, 1.54) is 4.90 Å². The van der Waals surface area contributed by atoms with Gasteiger partial charge in [-0.25, -0.2) is 4.79 Å². The van der Waals surface area contributed by atoms with Gasteiger partial charge in [-0.2, -0.15) is 0 Å². The highest BCUT2D eigenvalue weighted by Crippen LogP contribution is 2.08. The van der Waals surface area contributed by atoms with Gasteiger partial charge in [0.15, 0.2) is 0 Å². The van der Waals surface area contributed by atoms with E-state index in [-0.39, 0.29) is 18.7 Å². The van der Waals surface area contributed by atoms with Crippen molar-refractivity contribution in [2.75, 3.05) is 99.5 Å². The minimum absolute atomic E-state index is 0.162. The van der Waals surface area contributed by atoms with Crippen molar-refractivity contribution < 1.29 is 47.5 Å². The van der Waals surface area contributed by atoms with E-state index in [9.17, 15) is 9.59 Å². The minimum Gasteiger partial charge on any atom is -0.463 e. The normalized spacial score (nSPS) is 11.5. The minimum atomic E-state index is -0.507. The lowest BCUT2D eigenvalue weighted by Crippen LogP contribution is -2.36. The third-order valence-electron chi connectivity index (χ3n) is 4.61. The molecule has 0 N–H and O–H groups in total. The van der Waals surface area contributed by atoms with Crippen LogP contribution in [-0.4, -0.2) is 122 Å². The van der Waals surface area contributed by atoms with Crippen molar-refractivity contribution in [2.24, 2.45) is 0 Å². The van der Waals surface area contributed by atoms with Gasteiger partial charge < -0.3 is 42.8 Å². The van der Waals surface area contributed by atoms with E-state index in [2.05, 4.69) is 6.92 Å². The molecule has 220 valence electrons. The van der Waals surface area contributed by atoms with Gasteiger partial charge >= 0.3 is 12.1 Å². The smallest absolute Gasteiger partial charge is 0.410 e. The van der Waals surface area contributed by atoms with Crippen LogP contribution in [0.25, 0.3) is 0 Å². The summed E-state index contributed by atoms with van der Waals surface area (Å²) in [4.78, 5) is 24.7. The predicted molar refractivity (Wildman–Crippen MR) is 139 cm³/mol. The molecule has 37 heavy (non-hydrogen) atoms. The number of likely N-dealkylation sites (N-methyl/N-ethyl adjacent to an activating group) is 1. The lowest BCUT2D eigenvalue weighted by molar-refractivity contribution is -0.145. The van der Waals surface area contributed by atoms with E-state index in [1.54, 1.807) is 7.05 Å².